The van der Waals surface area contributed by atoms with Crippen LogP contribution in [0, 0.1) is 0 Å². The molecule has 4 N–H and O–H groups in total. The predicted octanol–water partition coefficient (Wildman–Crippen LogP) is 0.340. The lowest BCUT2D eigenvalue weighted by atomic mass is 10.1. The molecule has 0 fully saturated rings. The summed E-state index contributed by atoms with van der Waals surface area (Å²) in [6.07, 6.45) is 4.28. The van der Waals surface area contributed by atoms with Crippen LogP contribution in [0.2, 0.25) is 0 Å². The maximum atomic E-state index is 11.5. The Bertz CT molecular complexity index is 342. The van der Waals surface area contributed by atoms with Crippen molar-refractivity contribution < 1.29 is 13.2 Å². The number of unbranched alkanes of at least 4 members (excludes halogenated alkanes) is 3. The Hall–Kier alpha value is -0.660. The van der Waals surface area contributed by atoms with Crippen molar-refractivity contribution in [3.05, 3.63) is 0 Å². The molecule has 0 aromatic heterocycles. The Balaban J connectivity index is 3.63. The molecule has 0 aliphatic heterocycles. The van der Waals surface area contributed by atoms with Crippen LogP contribution in [0.5, 0.6) is 0 Å². The number of nitrogens with one attached hydrogen (secondary N) is 2. The minimum absolute atomic E-state index is 0.0793. The molecule has 0 saturated carbocycles. The molecule has 0 aliphatic rings. The van der Waals surface area contributed by atoms with E-state index in [1.165, 1.54) is 0 Å². The molecule has 0 spiro atoms. The molecular weight excluding hydrogens is 266 g/mol. The van der Waals surface area contributed by atoms with E-state index in [4.69, 9.17) is 5.73 Å². The third-order valence-corrected chi connectivity index (χ3v) is 4.04. The lowest BCUT2D eigenvalue weighted by molar-refractivity contribution is -0.121. The van der Waals surface area contributed by atoms with Gasteiger partial charge in [0.25, 0.3) is 0 Å². The van der Waals surface area contributed by atoms with Crippen LogP contribution >= 0.6 is 0 Å². The molecule has 0 aromatic rings. The van der Waals surface area contributed by atoms with E-state index in [0.29, 0.717) is 13.0 Å². The third-order valence-electron chi connectivity index (χ3n) is 2.47. The fraction of sp³-hybridized carbons (Fsp3) is 0.917. The van der Waals surface area contributed by atoms with E-state index in [1.807, 2.05) is 0 Å². The maximum Gasteiger partial charge on any atom is 0.220 e. The van der Waals surface area contributed by atoms with Crippen LogP contribution in [-0.4, -0.2) is 39.2 Å². The highest BCUT2D eigenvalue weighted by Crippen LogP contribution is 2.01. The second-order valence-electron chi connectivity index (χ2n) is 4.89. The van der Waals surface area contributed by atoms with Gasteiger partial charge in [-0.25, -0.2) is 13.1 Å². The summed E-state index contributed by atoms with van der Waals surface area (Å²) in [7, 11) is -3.29. The number of amides is 1. The van der Waals surface area contributed by atoms with E-state index < -0.39 is 10.0 Å². The molecular formula is C12H27N3O3S. The lowest BCUT2D eigenvalue weighted by Gasteiger charge is -2.10. The van der Waals surface area contributed by atoms with Crippen LogP contribution in [-0.2, 0) is 14.8 Å². The molecule has 0 rings (SSSR count). The minimum atomic E-state index is -3.29. The van der Waals surface area contributed by atoms with Crippen molar-refractivity contribution in [2.24, 2.45) is 5.73 Å². The van der Waals surface area contributed by atoms with Gasteiger partial charge in [-0.2, -0.15) is 0 Å². The number of hydrogen-bond acceptors (Lipinski definition) is 4. The van der Waals surface area contributed by atoms with E-state index in [9.17, 15) is 13.2 Å². The van der Waals surface area contributed by atoms with Crippen LogP contribution in [0.25, 0.3) is 0 Å². The van der Waals surface area contributed by atoms with Crippen LogP contribution in [0.4, 0.5) is 0 Å². The number of carbonyl (C=O) groups excluding carboxylic acids is 1. The van der Waals surface area contributed by atoms with Crippen molar-refractivity contribution in [2.45, 2.75) is 52.0 Å². The third kappa shape index (κ3) is 12.1. The average Bonchev–Trinajstić information content (AvgIpc) is 2.26. The molecule has 0 bridgehead atoms. The first-order valence-corrected chi connectivity index (χ1v) is 8.49. The average molecular weight is 293 g/mol. The molecule has 7 heteroatoms. The topological polar surface area (TPSA) is 101 Å². The summed E-state index contributed by atoms with van der Waals surface area (Å²) < 4.78 is 25.4. The van der Waals surface area contributed by atoms with Gasteiger partial charge in [-0.05, 0) is 33.2 Å². The van der Waals surface area contributed by atoms with Crippen LogP contribution in [0.15, 0.2) is 0 Å². The molecule has 114 valence electrons. The molecule has 0 aliphatic carbocycles. The van der Waals surface area contributed by atoms with Gasteiger partial charge in [0.05, 0.1) is 5.75 Å². The number of sulfonamides is 1. The summed E-state index contributed by atoms with van der Waals surface area (Å²) in [6, 6.07) is -0.122. The Labute approximate surface area is 116 Å². The molecule has 0 unspecified atom stereocenters. The zero-order valence-corrected chi connectivity index (χ0v) is 12.8. The molecule has 1 amide bonds. The maximum absolute atomic E-state index is 11.5. The van der Waals surface area contributed by atoms with Gasteiger partial charge in [-0.15, -0.1) is 0 Å². The van der Waals surface area contributed by atoms with Crippen LogP contribution < -0.4 is 15.8 Å². The van der Waals surface area contributed by atoms with Gasteiger partial charge in [-0.1, -0.05) is 12.8 Å². The van der Waals surface area contributed by atoms with Crippen molar-refractivity contribution in [1.82, 2.24) is 10.0 Å². The summed E-state index contributed by atoms with van der Waals surface area (Å²) in [4.78, 5) is 11.4. The van der Waals surface area contributed by atoms with Crippen molar-refractivity contribution in [3.63, 3.8) is 0 Å². The fourth-order valence-electron chi connectivity index (χ4n) is 1.61. The fourth-order valence-corrected chi connectivity index (χ4v) is 2.82. The summed E-state index contributed by atoms with van der Waals surface area (Å²) in [5, 5.41) is 2.62. The zero-order valence-electron chi connectivity index (χ0n) is 11.9. The zero-order chi connectivity index (χ0) is 14.7. The van der Waals surface area contributed by atoms with E-state index in [1.54, 1.807) is 13.8 Å². The first-order chi connectivity index (χ1) is 8.87. The normalized spacial score (nSPS) is 11.8. The van der Waals surface area contributed by atoms with Crippen LogP contribution in [0.3, 0.4) is 0 Å². The smallest absolute Gasteiger partial charge is 0.220 e. The minimum Gasteiger partial charge on any atom is -0.355 e. The predicted molar refractivity (Wildman–Crippen MR) is 77.2 cm³/mol. The van der Waals surface area contributed by atoms with Gasteiger partial charge in [0, 0.05) is 19.0 Å². The van der Waals surface area contributed by atoms with Crippen molar-refractivity contribution in [3.8, 4) is 0 Å². The van der Waals surface area contributed by atoms with E-state index >= 15 is 0 Å². The van der Waals surface area contributed by atoms with E-state index in [-0.39, 0.29) is 24.2 Å². The highest BCUT2D eigenvalue weighted by atomic mass is 32.2. The molecule has 0 atom stereocenters. The van der Waals surface area contributed by atoms with Gasteiger partial charge < -0.3 is 11.1 Å². The number of carbonyl (C=O) groups is 1. The van der Waals surface area contributed by atoms with E-state index in [0.717, 1.165) is 25.7 Å². The molecule has 6 nitrogen and oxygen atoms in total. The Morgan fingerprint density at radius 2 is 1.79 bits per heavy atom. The summed E-state index contributed by atoms with van der Waals surface area (Å²) in [5.41, 5.74) is 5.37. The molecule has 0 saturated heterocycles. The highest BCUT2D eigenvalue weighted by molar-refractivity contribution is 7.89. The first-order valence-electron chi connectivity index (χ1n) is 6.84. The number of hydrogen-bond donors (Lipinski definition) is 3. The Morgan fingerprint density at radius 3 is 2.37 bits per heavy atom. The Morgan fingerprint density at radius 1 is 1.16 bits per heavy atom. The standard InChI is InChI=1S/C12H27N3O3S/c1-11(2)15-19(17,18)10-9-14-12(16)7-5-3-4-6-8-13/h11,15H,3-10,13H2,1-2H3,(H,14,16). The monoisotopic (exact) mass is 293 g/mol. The van der Waals surface area contributed by atoms with Crippen molar-refractivity contribution >= 4 is 15.9 Å². The molecule has 19 heavy (non-hydrogen) atoms. The van der Waals surface area contributed by atoms with Crippen molar-refractivity contribution in [1.29, 1.82) is 0 Å². The summed E-state index contributed by atoms with van der Waals surface area (Å²) in [6.45, 7) is 4.37. The van der Waals surface area contributed by atoms with Gasteiger partial charge in [0.15, 0.2) is 0 Å². The molecule has 0 radical (unpaired) electrons. The SMILES string of the molecule is CC(C)NS(=O)(=O)CCNC(=O)CCCCCCN. The molecule has 0 aromatic carbocycles. The highest BCUT2D eigenvalue weighted by Gasteiger charge is 2.11. The molecule has 0 heterocycles. The van der Waals surface area contributed by atoms with Gasteiger partial charge >= 0.3 is 0 Å². The van der Waals surface area contributed by atoms with Crippen molar-refractivity contribution in [2.75, 3.05) is 18.8 Å². The largest absolute Gasteiger partial charge is 0.355 e. The van der Waals surface area contributed by atoms with Gasteiger partial charge in [0.2, 0.25) is 15.9 Å². The van der Waals surface area contributed by atoms with E-state index in [2.05, 4.69) is 10.0 Å². The summed E-state index contributed by atoms with van der Waals surface area (Å²) in [5.74, 6) is -0.170. The second-order valence-corrected chi connectivity index (χ2v) is 6.77. The lowest BCUT2D eigenvalue weighted by Crippen LogP contribution is -2.37. The second kappa shape index (κ2) is 10.2. The number of rotatable bonds is 11. The number of nitrogens with two attached hydrogens (primary N) is 1. The van der Waals surface area contributed by atoms with Gasteiger partial charge in [0.1, 0.15) is 0 Å². The summed E-state index contributed by atoms with van der Waals surface area (Å²) >= 11 is 0. The van der Waals surface area contributed by atoms with Gasteiger partial charge in [-0.3, -0.25) is 4.79 Å². The first kappa shape index (κ1) is 18.3. The quantitative estimate of drug-likeness (QED) is 0.478. The van der Waals surface area contributed by atoms with Crippen LogP contribution in [0.1, 0.15) is 46.0 Å². The Kier molecular flexibility index (Phi) is 9.81.